The molecule has 116 valence electrons. The number of para-hydroxylation sites is 1. The topological polar surface area (TPSA) is 20.2 Å². The summed E-state index contributed by atoms with van der Waals surface area (Å²) >= 11 is 0. The standard InChI is InChI=1S/C19H25N3/c1-21-18-14(12-15-5-3-9-20-15)4-2-6-16(18)17-13-7-10-22(11-8-13)19(17)21/h2,4,6,13,15,20H,3,5,7-12H2,1H3. The maximum Gasteiger partial charge on any atom is 0.112 e. The number of aromatic nitrogens is 1. The first-order valence-corrected chi connectivity index (χ1v) is 8.91. The van der Waals surface area contributed by atoms with Crippen molar-refractivity contribution >= 4 is 16.7 Å². The predicted octanol–water partition coefficient (Wildman–Crippen LogP) is 3.17. The van der Waals surface area contributed by atoms with Crippen LogP contribution in [0.3, 0.4) is 0 Å². The van der Waals surface area contributed by atoms with E-state index >= 15 is 0 Å². The largest absolute Gasteiger partial charge is 0.358 e. The van der Waals surface area contributed by atoms with Gasteiger partial charge < -0.3 is 14.8 Å². The summed E-state index contributed by atoms with van der Waals surface area (Å²) in [6, 6.07) is 7.67. The van der Waals surface area contributed by atoms with Crippen molar-refractivity contribution in [3.8, 4) is 0 Å². The lowest BCUT2D eigenvalue weighted by molar-refractivity contribution is 0.469. The average Bonchev–Trinajstić information content (AvgIpc) is 3.17. The molecule has 1 unspecified atom stereocenters. The molecule has 0 spiro atoms. The molecule has 0 amide bonds. The summed E-state index contributed by atoms with van der Waals surface area (Å²) in [4.78, 5) is 2.62. The second-order valence-electron chi connectivity index (χ2n) is 7.37. The molecule has 0 radical (unpaired) electrons. The second kappa shape index (κ2) is 4.76. The van der Waals surface area contributed by atoms with Gasteiger partial charge in [-0.05, 0) is 50.1 Å². The first-order chi connectivity index (χ1) is 10.8. The fourth-order valence-electron chi connectivity index (χ4n) is 5.14. The number of nitrogens with one attached hydrogen (secondary N) is 1. The maximum absolute atomic E-state index is 3.66. The third-order valence-corrected chi connectivity index (χ3v) is 6.14. The molecule has 3 nitrogen and oxygen atoms in total. The van der Waals surface area contributed by atoms with Crippen LogP contribution in [0.5, 0.6) is 0 Å². The third-order valence-electron chi connectivity index (χ3n) is 6.14. The molecule has 22 heavy (non-hydrogen) atoms. The van der Waals surface area contributed by atoms with Gasteiger partial charge in [0.15, 0.2) is 0 Å². The van der Waals surface area contributed by atoms with E-state index in [1.165, 1.54) is 74.0 Å². The van der Waals surface area contributed by atoms with Crippen LogP contribution in [-0.4, -0.2) is 30.2 Å². The third kappa shape index (κ3) is 1.72. The van der Waals surface area contributed by atoms with Crippen LogP contribution in [-0.2, 0) is 13.5 Å². The summed E-state index contributed by atoms with van der Waals surface area (Å²) in [6.45, 7) is 3.70. The van der Waals surface area contributed by atoms with Crippen molar-refractivity contribution in [1.29, 1.82) is 0 Å². The lowest BCUT2D eigenvalue weighted by Gasteiger charge is -2.41. The SMILES string of the molecule is Cn1c2c(c3cccc(CC4CCCN4)c31)C1CCN2CC1. The quantitative estimate of drug-likeness (QED) is 0.918. The van der Waals surface area contributed by atoms with Crippen LogP contribution in [0.25, 0.3) is 10.9 Å². The molecule has 1 aromatic heterocycles. The molecule has 0 saturated carbocycles. The van der Waals surface area contributed by atoms with E-state index in [1.54, 1.807) is 5.56 Å². The molecule has 3 heteroatoms. The minimum absolute atomic E-state index is 0.676. The number of rotatable bonds is 2. The number of piperidine rings is 1. The molecule has 2 aromatic rings. The van der Waals surface area contributed by atoms with Crippen LogP contribution in [0.1, 0.15) is 42.7 Å². The van der Waals surface area contributed by atoms with Crippen LogP contribution in [0.2, 0.25) is 0 Å². The predicted molar refractivity (Wildman–Crippen MR) is 91.8 cm³/mol. The van der Waals surface area contributed by atoms with Gasteiger partial charge in [-0.1, -0.05) is 18.2 Å². The number of benzene rings is 1. The Kier molecular flexibility index (Phi) is 2.81. The summed E-state index contributed by atoms with van der Waals surface area (Å²) in [5.74, 6) is 2.31. The first kappa shape index (κ1) is 13.0. The van der Waals surface area contributed by atoms with Crippen LogP contribution < -0.4 is 10.2 Å². The van der Waals surface area contributed by atoms with E-state index in [1.807, 2.05) is 0 Å². The Morgan fingerprint density at radius 2 is 2.05 bits per heavy atom. The van der Waals surface area contributed by atoms with Crippen LogP contribution in [0.4, 0.5) is 5.82 Å². The van der Waals surface area contributed by atoms with Gasteiger partial charge in [-0.15, -0.1) is 0 Å². The average molecular weight is 295 g/mol. The first-order valence-electron chi connectivity index (χ1n) is 8.91. The summed E-state index contributed by atoms with van der Waals surface area (Å²) in [5.41, 5.74) is 4.69. The van der Waals surface area contributed by atoms with E-state index in [0.717, 1.165) is 5.92 Å². The molecule has 0 aliphatic carbocycles. The lowest BCUT2D eigenvalue weighted by atomic mass is 9.84. The zero-order valence-electron chi connectivity index (χ0n) is 13.4. The Morgan fingerprint density at radius 1 is 1.18 bits per heavy atom. The van der Waals surface area contributed by atoms with Gasteiger partial charge >= 0.3 is 0 Å². The van der Waals surface area contributed by atoms with E-state index < -0.39 is 0 Å². The molecule has 1 atom stereocenters. The Morgan fingerprint density at radius 3 is 2.82 bits per heavy atom. The number of hydrogen-bond donors (Lipinski definition) is 1. The van der Waals surface area contributed by atoms with E-state index in [2.05, 4.69) is 40.0 Å². The Hall–Kier alpha value is -1.48. The molecular weight excluding hydrogens is 270 g/mol. The molecule has 1 N–H and O–H groups in total. The van der Waals surface area contributed by atoms with Crippen molar-refractivity contribution in [1.82, 2.24) is 9.88 Å². The molecule has 2 bridgehead atoms. The molecule has 4 aliphatic heterocycles. The zero-order chi connectivity index (χ0) is 14.7. The monoisotopic (exact) mass is 295 g/mol. The molecule has 1 aromatic carbocycles. The molecule has 4 aliphatic rings. The molecule has 5 heterocycles. The van der Waals surface area contributed by atoms with Gasteiger partial charge in [0, 0.05) is 37.1 Å². The zero-order valence-corrected chi connectivity index (χ0v) is 13.4. The smallest absolute Gasteiger partial charge is 0.112 e. The van der Waals surface area contributed by atoms with Crippen molar-refractivity contribution in [3.63, 3.8) is 0 Å². The maximum atomic E-state index is 3.66. The van der Waals surface area contributed by atoms with Crippen LogP contribution in [0.15, 0.2) is 18.2 Å². The fourth-order valence-corrected chi connectivity index (χ4v) is 5.14. The number of nitrogens with zero attached hydrogens (tertiary/aromatic N) is 2. The van der Waals surface area contributed by atoms with Gasteiger partial charge in [-0.2, -0.15) is 0 Å². The van der Waals surface area contributed by atoms with Crippen molar-refractivity contribution in [2.24, 2.45) is 7.05 Å². The Bertz CT molecular complexity index is 716. The molecule has 6 rings (SSSR count). The summed E-state index contributed by atoms with van der Waals surface area (Å²) in [5, 5.41) is 5.19. The highest BCUT2D eigenvalue weighted by Gasteiger charge is 2.35. The van der Waals surface area contributed by atoms with Crippen LogP contribution >= 0.6 is 0 Å². The van der Waals surface area contributed by atoms with E-state index in [4.69, 9.17) is 0 Å². The number of hydrogen-bond acceptors (Lipinski definition) is 2. The normalized spacial score (nSPS) is 24.4. The van der Waals surface area contributed by atoms with E-state index in [9.17, 15) is 0 Å². The van der Waals surface area contributed by atoms with Crippen LogP contribution in [0, 0.1) is 0 Å². The van der Waals surface area contributed by atoms with Crippen molar-refractivity contribution in [3.05, 3.63) is 29.3 Å². The van der Waals surface area contributed by atoms with Crippen molar-refractivity contribution < 1.29 is 0 Å². The summed E-state index contributed by atoms with van der Waals surface area (Å²) in [7, 11) is 2.29. The van der Waals surface area contributed by atoms with E-state index in [-0.39, 0.29) is 0 Å². The summed E-state index contributed by atoms with van der Waals surface area (Å²) < 4.78 is 2.50. The number of aryl methyl sites for hydroxylation is 1. The van der Waals surface area contributed by atoms with E-state index in [0.29, 0.717) is 6.04 Å². The fraction of sp³-hybridized carbons (Fsp3) is 0.579. The summed E-state index contributed by atoms with van der Waals surface area (Å²) in [6.07, 6.45) is 6.54. The second-order valence-corrected chi connectivity index (χ2v) is 7.37. The lowest BCUT2D eigenvalue weighted by Crippen LogP contribution is -2.39. The number of anilines is 1. The highest BCUT2D eigenvalue weighted by Crippen LogP contribution is 2.47. The van der Waals surface area contributed by atoms with Gasteiger partial charge in [-0.3, -0.25) is 0 Å². The molecular formula is C19H25N3. The highest BCUT2D eigenvalue weighted by atomic mass is 15.3. The Balaban J connectivity index is 1.68. The molecule has 2 saturated heterocycles. The minimum Gasteiger partial charge on any atom is -0.358 e. The van der Waals surface area contributed by atoms with Gasteiger partial charge in [0.05, 0.1) is 5.52 Å². The minimum atomic E-state index is 0.676. The Labute approximate surface area is 132 Å². The van der Waals surface area contributed by atoms with Crippen molar-refractivity contribution in [2.75, 3.05) is 24.5 Å². The van der Waals surface area contributed by atoms with Crippen molar-refractivity contribution in [2.45, 2.75) is 44.1 Å². The van der Waals surface area contributed by atoms with Gasteiger partial charge in [0.1, 0.15) is 5.82 Å². The van der Waals surface area contributed by atoms with Gasteiger partial charge in [0.25, 0.3) is 0 Å². The van der Waals surface area contributed by atoms with Gasteiger partial charge in [-0.25, -0.2) is 0 Å². The van der Waals surface area contributed by atoms with Gasteiger partial charge in [0.2, 0.25) is 0 Å². The number of fused-ring (bicyclic) bond motifs is 3. The highest BCUT2D eigenvalue weighted by molar-refractivity contribution is 5.94. The molecule has 2 fully saturated rings.